The molecule has 11 heteroatoms. The van der Waals surface area contributed by atoms with Crippen LogP contribution in [0.4, 0.5) is 0 Å². The van der Waals surface area contributed by atoms with Gasteiger partial charge < -0.3 is 4.42 Å². The van der Waals surface area contributed by atoms with Gasteiger partial charge in [0, 0.05) is 11.5 Å². The Bertz CT molecular complexity index is 1700. The number of fused-ring (bicyclic) bond motifs is 4. The molecule has 0 N–H and O–H groups in total. The van der Waals surface area contributed by atoms with E-state index in [1.807, 2.05) is 146 Å². The Hall–Kier alpha value is -4.57. The van der Waals surface area contributed by atoms with Gasteiger partial charge in [-0.1, -0.05) is 97.9 Å². The van der Waals surface area contributed by atoms with Gasteiger partial charge >= 0.3 is 63.8 Å². The summed E-state index contributed by atoms with van der Waals surface area (Å²) in [6.45, 7) is 16.0. The van der Waals surface area contributed by atoms with E-state index in [-0.39, 0.29) is 20.6 Å². The average Bonchev–Trinajstić information content (AvgIpc) is 3.94. The van der Waals surface area contributed by atoms with Crippen LogP contribution < -0.4 is 5.63 Å². The van der Waals surface area contributed by atoms with Crippen LogP contribution >= 0.6 is 11.7 Å². The Morgan fingerprint density at radius 3 is 1.41 bits per heavy atom. The molecule has 0 fully saturated rings. The maximum Gasteiger partial charge on any atom is 0.135 e. The minimum atomic E-state index is -0.302. The van der Waals surface area contributed by atoms with E-state index in [1.165, 1.54) is 17.8 Å². The molecule has 8 aromatic rings. The molecule has 9 nitrogen and oxygen atoms in total. The third-order valence-corrected chi connectivity index (χ3v) is 6.73. The smallest absolute Gasteiger partial charge is 0.135 e. The van der Waals surface area contributed by atoms with Crippen LogP contribution in [0.5, 0.6) is 0 Å². The average molecular weight is 706 g/mol. The summed E-state index contributed by atoms with van der Waals surface area (Å²) in [6, 6.07) is 33.9. The Morgan fingerprint density at radius 1 is 0.500 bits per heavy atom. The zero-order valence-electron chi connectivity index (χ0n) is 27.6. The van der Waals surface area contributed by atoms with E-state index in [0.29, 0.717) is 5.58 Å². The van der Waals surface area contributed by atoms with Gasteiger partial charge in [-0.2, -0.15) is 8.75 Å². The largest absolute Gasteiger partial charge is 0.243 e. The van der Waals surface area contributed by atoms with Crippen molar-refractivity contribution in [3.63, 3.8) is 0 Å². The molecule has 4 aromatic carbocycles. The predicted molar refractivity (Wildman–Crippen MR) is 194 cm³/mol. The molecule has 0 radical (unpaired) electrons. The van der Waals surface area contributed by atoms with E-state index in [1.54, 1.807) is 12.1 Å². The van der Waals surface area contributed by atoms with Gasteiger partial charge in [-0.15, -0.1) is 0 Å². The number of benzene rings is 4. The summed E-state index contributed by atoms with van der Waals surface area (Å²) in [7, 11) is 0. The molecule has 0 amide bonds. The number of para-hydroxylation sites is 1. The van der Waals surface area contributed by atoms with Crippen LogP contribution in [0, 0.1) is 0 Å². The first kappa shape index (κ1) is 39.5. The standard InChI is InChI=1S/C9H6O2.C6H4N2O.C6H4N2S.C6H4N2Se.4C2H6/c10-9-6-5-7-3-1-2-4-8(7)11-9;3*1-2-4-6-5(3-1)7-9-8-6;4*1-2/h1-6H;3*1-4H;4*1-2H3. The third-order valence-electron chi connectivity index (χ3n) is 5.01. The fourth-order valence-electron chi connectivity index (χ4n) is 3.19. The van der Waals surface area contributed by atoms with Crippen molar-refractivity contribution < 1.29 is 9.05 Å². The van der Waals surface area contributed by atoms with Gasteiger partial charge in [0.05, 0.1) is 11.7 Å². The number of aromatic nitrogens is 6. The fourth-order valence-corrected chi connectivity index (χ4v) is 4.82. The molecule has 0 saturated carbocycles. The Balaban J connectivity index is 0.000000286. The van der Waals surface area contributed by atoms with Crippen molar-refractivity contribution in [3.05, 3.63) is 120 Å². The molecular weight excluding hydrogens is 663 g/mol. The van der Waals surface area contributed by atoms with Crippen LogP contribution in [0.1, 0.15) is 55.4 Å². The second-order valence-electron chi connectivity index (χ2n) is 7.55. The second-order valence-corrected chi connectivity index (χ2v) is 9.19. The molecular formula is C35H42N6O3SSe. The molecule has 0 aliphatic rings. The summed E-state index contributed by atoms with van der Waals surface area (Å²) >= 11 is 1.38. The van der Waals surface area contributed by atoms with Gasteiger partial charge in [0.1, 0.15) is 27.6 Å². The summed E-state index contributed by atoms with van der Waals surface area (Å²) in [5.41, 5.74) is 6.03. The maximum atomic E-state index is 10.7. The fraction of sp³-hybridized carbons (Fsp3) is 0.229. The quantitative estimate of drug-likeness (QED) is 0.112. The molecule has 0 spiro atoms. The van der Waals surface area contributed by atoms with E-state index < -0.39 is 0 Å². The van der Waals surface area contributed by atoms with Crippen LogP contribution in [0.25, 0.3) is 44.1 Å². The minimum absolute atomic E-state index is 0.129. The van der Waals surface area contributed by atoms with Gasteiger partial charge in [-0.3, -0.25) is 0 Å². The van der Waals surface area contributed by atoms with Gasteiger partial charge in [0.15, 0.2) is 0 Å². The van der Waals surface area contributed by atoms with Crippen molar-refractivity contribution in [2.75, 3.05) is 0 Å². The van der Waals surface area contributed by atoms with E-state index in [0.717, 1.165) is 38.5 Å². The molecule has 242 valence electrons. The van der Waals surface area contributed by atoms with Gasteiger partial charge in [0.2, 0.25) is 0 Å². The van der Waals surface area contributed by atoms with E-state index in [2.05, 4.69) is 31.6 Å². The normalized spacial score (nSPS) is 8.96. The second kappa shape index (κ2) is 24.7. The molecule has 0 aliphatic carbocycles. The topological polar surface area (TPSA) is 121 Å². The molecule has 46 heavy (non-hydrogen) atoms. The molecule has 4 aromatic heterocycles. The van der Waals surface area contributed by atoms with Crippen LogP contribution in [-0.2, 0) is 0 Å². The summed E-state index contributed by atoms with van der Waals surface area (Å²) in [5.74, 6) is 0. The van der Waals surface area contributed by atoms with Crippen molar-refractivity contribution in [2.24, 2.45) is 0 Å². The summed E-state index contributed by atoms with van der Waals surface area (Å²) in [6.07, 6.45) is 0. The van der Waals surface area contributed by atoms with E-state index >= 15 is 0 Å². The molecule has 0 aliphatic heterocycles. The Morgan fingerprint density at radius 2 is 0.913 bits per heavy atom. The first-order valence-electron chi connectivity index (χ1n) is 15.3. The summed E-state index contributed by atoms with van der Waals surface area (Å²) < 4.78 is 25.9. The molecule has 4 heterocycles. The summed E-state index contributed by atoms with van der Waals surface area (Å²) in [4.78, 5) is 10.7. The molecule has 0 unspecified atom stereocenters. The van der Waals surface area contributed by atoms with Crippen molar-refractivity contribution in [3.8, 4) is 0 Å². The van der Waals surface area contributed by atoms with Gasteiger partial charge in [-0.25, -0.2) is 9.42 Å². The van der Waals surface area contributed by atoms with Gasteiger partial charge in [0.25, 0.3) is 0 Å². The zero-order chi connectivity index (χ0) is 34.0. The molecule has 0 bridgehead atoms. The SMILES string of the molecule is CC.CC.CC.CC.O=c1ccc2ccccc2o1.c1ccc2n[se]nc2c1.c1ccc2nonc2c1.c1ccc2nsnc2c1. The number of hydrogen-bond donors (Lipinski definition) is 0. The molecule has 8 rings (SSSR count). The van der Waals surface area contributed by atoms with Crippen LogP contribution in [0.3, 0.4) is 0 Å². The van der Waals surface area contributed by atoms with Crippen molar-refractivity contribution in [2.45, 2.75) is 55.4 Å². The van der Waals surface area contributed by atoms with Crippen molar-refractivity contribution in [1.82, 2.24) is 27.0 Å². The van der Waals surface area contributed by atoms with Crippen LogP contribution in [0.2, 0.25) is 0 Å². The Labute approximate surface area is 280 Å². The van der Waals surface area contributed by atoms with Gasteiger partial charge in [-0.05, 0) is 46.7 Å². The number of hydrogen-bond acceptors (Lipinski definition) is 10. The number of rotatable bonds is 0. The van der Waals surface area contributed by atoms with E-state index in [9.17, 15) is 4.79 Å². The minimum Gasteiger partial charge on any atom is -0.243 e. The monoisotopic (exact) mass is 706 g/mol. The third kappa shape index (κ3) is 13.2. The number of nitrogens with zero attached hydrogens (tertiary/aromatic N) is 6. The Kier molecular flexibility index (Phi) is 21.2. The maximum absolute atomic E-state index is 10.7. The van der Waals surface area contributed by atoms with Crippen molar-refractivity contribution >= 4 is 70.8 Å². The predicted octanol–water partition coefficient (Wildman–Crippen LogP) is 9.50. The summed E-state index contributed by atoms with van der Waals surface area (Å²) in [5, 5.41) is 8.22. The van der Waals surface area contributed by atoms with Crippen molar-refractivity contribution in [1.29, 1.82) is 0 Å². The van der Waals surface area contributed by atoms with Crippen LogP contribution in [0.15, 0.2) is 123 Å². The van der Waals surface area contributed by atoms with Crippen LogP contribution in [-0.4, -0.2) is 42.0 Å². The first-order chi connectivity index (χ1) is 22.8. The first-order valence-corrected chi connectivity index (χ1v) is 17.5. The zero-order valence-corrected chi connectivity index (χ0v) is 30.1. The van der Waals surface area contributed by atoms with E-state index in [4.69, 9.17) is 4.42 Å². The molecule has 0 saturated heterocycles. The molecule has 0 atom stereocenters.